The first kappa shape index (κ1) is 18.4. The van der Waals surface area contributed by atoms with Crippen LogP contribution >= 0.6 is 0 Å². The van der Waals surface area contributed by atoms with E-state index in [-0.39, 0.29) is 5.78 Å². The molecule has 1 heteroatoms. The molecule has 1 nitrogen and oxygen atoms in total. The van der Waals surface area contributed by atoms with Crippen molar-refractivity contribution in [1.29, 1.82) is 0 Å². The monoisotopic (exact) mass is 322 g/mol. The van der Waals surface area contributed by atoms with E-state index < -0.39 is 0 Å². The standard InChI is InChI=1S/C23H30O/c1-14(2)19-12-20(15(3)4)22(21(13-19)16(5)6)23(24)18-10-8-17(7)9-11-18/h8-16H,1-7H3. The Hall–Kier alpha value is -1.89. The third-order valence-electron chi connectivity index (χ3n) is 4.67. The van der Waals surface area contributed by atoms with Crippen molar-refractivity contribution in [3.8, 4) is 0 Å². The van der Waals surface area contributed by atoms with Gasteiger partial charge in [-0.2, -0.15) is 0 Å². The van der Waals surface area contributed by atoms with Gasteiger partial charge in [0.05, 0.1) is 0 Å². The molecule has 0 saturated carbocycles. The Morgan fingerprint density at radius 1 is 0.750 bits per heavy atom. The Balaban J connectivity index is 2.70. The zero-order valence-corrected chi connectivity index (χ0v) is 16.1. The number of rotatable bonds is 5. The SMILES string of the molecule is Cc1ccc(C(=O)c2c(C(C)C)cc(C(C)C)cc2C(C)C)cc1. The van der Waals surface area contributed by atoms with E-state index in [0.717, 1.165) is 11.1 Å². The molecule has 0 radical (unpaired) electrons. The highest BCUT2D eigenvalue weighted by Gasteiger charge is 2.23. The van der Waals surface area contributed by atoms with Crippen LogP contribution in [0.25, 0.3) is 0 Å². The molecular weight excluding hydrogens is 292 g/mol. The van der Waals surface area contributed by atoms with Crippen LogP contribution in [-0.2, 0) is 0 Å². The first-order valence-corrected chi connectivity index (χ1v) is 9.01. The van der Waals surface area contributed by atoms with Crippen molar-refractivity contribution in [2.75, 3.05) is 0 Å². The smallest absolute Gasteiger partial charge is 0.193 e. The molecule has 0 aliphatic rings. The molecule has 2 rings (SSSR count). The predicted molar refractivity (Wildman–Crippen MR) is 103 cm³/mol. The van der Waals surface area contributed by atoms with Gasteiger partial charge in [-0.05, 0) is 41.4 Å². The largest absolute Gasteiger partial charge is 0.289 e. The third-order valence-corrected chi connectivity index (χ3v) is 4.67. The summed E-state index contributed by atoms with van der Waals surface area (Å²) in [5.74, 6) is 1.26. The van der Waals surface area contributed by atoms with E-state index in [2.05, 4.69) is 53.7 Å². The van der Waals surface area contributed by atoms with Crippen LogP contribution in [0.3, 0.4) is 0 Å². The summed E-state index contributed by atoms with van der Waals surface area (Å²) in [7, 11) is 0. The molecule has 0 amide bonds. The molecule has 2 aromatic rings. The van der Waals surface area contributed by atoms with E-state index in [9.17, 15) is 4.79 Å². The summed E-state index contributed by atoms with van der Waals surface area (Å²) in [6.45, 7) is 15.2. The van der Waals surface area contributed by atoms with Gasteiger partial charge >= 0.3 is 0 Å². The lowest BCUT2D eigenvalue weighted by molar-refractivity contribution is 0.103. The molecule has 0 spiro atoms. The third kappa shape index (κ3) is 3.77. The van der Waals surface area contributed by atoms with Crippen LogP contribution in [0, 0.1) is 6.92 Å². The second-order valence-corrected chi connectivity index (χ2v) is 7.73. The molecule has 24 heavy (non-hydrogen) atoms. The lowest BCUT2D eigenvalue weighted by Gasteiger charge is -2.22. The van der Waals surface area contributed by atoms with Gasteiger partial charge in [0.15, 0.2) is 5.78 Å². The average Bonchev–Trinajstić information content (AvgIpc) is 2.53. The molecule has 0 fully saturated rings. The lowest BCUT2D eigenvalue weighted by Crippen LogP contribution is -2.13. The number of carbonyl (C=O) groups is 1. The van der Waals surface area contributed by atoms with Crippen LogP contribution in [0.4, 0.5) is 0 Å². The molecule has 0 aliphatic heterocycles. The van der Waals surface area contributed by atoms with Crippen LogP contribution in [0.2, 0.25) is 0 Å². The highest BCUT2D eigenvalue weighted by Crippen LogP contribution is 2.33. The fourth-order valence-corrected chi connectivity index (χ4v) is 3.07. The van der Waals surface area contributed by atoms with E-state index in [1.54, 1.807) is 0 Å². The van der Waals surface area contributed by atoms with Gasteiger partial charge in [-0.3, -0.25) is 4.79 Å². The summed E-state index contributed by atoms with van der Waals surface area (Å²) >= 11 is 0. The van der Waals surface area contributed by atoms with E-state index in [1.165, 1.54) is 22.3 Å². The second kappa shape index (κ2) is 7.34. The Morgan fingerprint density at radius 2 is 1.21 bits per heavy atom. The van der Waals surface area contributed by atoms with Gasteiger partial charge in [-0.1, -0.05) is 83.5 Å². The summed E-state index contributed by atoms with van der Waals surface area (Å²) in [6, 6.07) is 12.4. The number of hydrogen-bond donors (Lipinski definition) is 0. The van der Waals surface area contributed by atoms with Crippen LogP contribution < -0.4 is 0 Å². The van der Waals surface area contributed by atoms with Crippen LogP contribution in [0.1, 0.15) is 97.5 Å². The maximum atomic E-state index is 13.3. The van der Waals surface area contributed by atoms with Crippen molar-refractivity contribution in [2.24, 2.45) is 0 Å². The van der Waals surface area contributed by atoms with Crippen LogP contribution in [0.15, 0.2) is 36.4 Å². The Labute approximate surface area is 147 Å². The van der Waals surface area contributed by atoms with Crippen molar-refractivity contribution < 1.29 is 4.79 Å². The Kier molecular flexibility index (Phi) is 5.64. The number of carbonyl (C=O) groups excluding carboxylic acids is 1. The zero-order chi connectivity index (χ0) is 18.0. The summed E-state index contributed by atoms with van der Waals surface area (Å²) in [5, 5.41) is 0. The van der Waals surface area contributed by atoms with Gasteiger partial charge in [0.2, 0.25) is 0 Å². The lowest BCUT2D eigenvalue weighted by atomic mass is 9.81. The van der Waals surface area contributed by atoms with Gasteiger partial charge in [-0.15, -0.1) is 0 Å². The predicted octanol–water partition coefficient (Wildman–Crippen LogP) is 6.60. The highest BCUT2D eigenvalue weighted by atomic mass is 16.1. The van der Waals surface area contributed by atoms with Crippen molar-refractivity contribution in [1.82, 2.24) is 0 Å². The van der Waals surface area contributed by atoms with Crippen molar-refractivity contribution >= 4 is 5.78 Å². The van der Waals surface area contributed by atoms with Gasteiger partial charge in [0, 0.05) is 11.1 Å². The van der Waals surface area contributed by atoms with Gasteiger partial charge in [-0.25, -0.2) is 0 Å². The molecule has 0 bridgehead atoms. The highest BCUT2D eigenvalue weighted by molar-refractivity contribution is 6.11. The Bertz CT molecular complexity index is 689. The number of ketones is 1. The summed E-state index contributed by atoms with van der Waals surface area (Å²) in [4.78, 5) is 13.3. The minimum absolute atomic E-state index is 0.151. The minimum atomic E-state index is 0.151. The molecule has 2 aromatic carbocycles. The van der Waals surface area contributed by atoms with Crippen molar-refractivity contribution in [3.63, 3.8) is 0 Å². The molecule has 0 aromatic heterocycles. The van der Waals surface area contributed by atoms with E-state index in [4.69, 9.17) is 0 Å². The van der Waals surface area contributed by atoms with E-state index in [0.29, 0.717) is 17.8 Å². The van der Waals surface area contributed by atoms with Gasteiger partial charge < -0.3 is 0 Å². The molecular formula is C23H30O. The topological polar surface area (TPSA) is 17.1 Å². The molecule has 0 aliphatic carbocycles. The van der Waals surface area contributed by atoms with Gasteiger partial charge in [0.1, 0.15) is 0 Å². The number of aryl methyl sites for hydroxylation is 1. The van der Waals surface area contributed by atoms with Crippen LogP contribution in [0.5, 0.6) is 0 Å². The van der Waals surface area contributed by atoms with E-state index in [1.807, 2.05) is 31.2 Å². The van der Waals surface area contributed by atoms with E-state index >= 15 is 0 Å². The molecule has 0 heterocycles. The normalized spacial score (nSPS) is 11.6. The first-order chi connectivity index (χ1) is 11.2. The molecule has 0 saturated heterocycles. The minimum Gasteiger partial charge on any atom is -0.289 e. The quantitative estimate of drug-likeness (QED) is 0.567. The first-order valence-electron chi connectivity index (χ1n) is 9.01. The van der Waals surface area contributed by atoms with Gasteiger partial charge in [0.25, 0.3) is 0 Å². The average molecular weight is 322 g/mol. The number of benzene rings is 2. The Morgan fingerprint density at radius 3 is 1.58 bits per heavy atom. The molecule has 128 valence electrons. The van der Waals surface area contributed by atoms with Crippen molar-refractivity contribution in [3.05, 3.63) is 69.8 Å². The molecule has 0 N–H and O–H groups in total. The second-order valence-electron chi connectivity index (χ2n) is 7.73. The number of hydrogen-bond acceptors (Lipinski definition) is 1. The fraction of sp³-hybridized carbons (Fsp3) is 0.435. The summed E-state index contributed by atoms with van der Waals surface area (Å²) in [6.07, 6.45) is 0. The fourth-order valence-electron chi connectivity index (χ4n) is 3.07. The molecule has 0 unspecified atom stereocenters. The molecule has 0 atom stereocenters. The summed E-state index contributed by atoms with van der Waals surface area (Å²) < 4.78 is 0. The van der Waals surface area contributed by atoms with Crippen LogP contribution in [-0.4, -0.2) is 5.78 Å². The maximum absolute atomic E-state index is 13.3. The summed E-state index contributed by atoms with van der Waals surface area (Å²) in [5.41, 5.74) is 6.54. The van der Waals surface area contributed by atoms with Crippen molar-refractivity contribution in [2.45, 2.75) is 66.2 Å². The zero-order valence-electron chi connectivity index (χ0n) is 16.1. The maximum Gasteiger partial charge on any atom is 0.193 e.